The minimum Gasteiger partial charge on any atom is -0.481 e. The standard InChI is InChI=1S/C6H9FO2S/c7-5-1-2-10-3-4(5)6(8)9/h4-5H,1-3H2,(H,8,9)/t4-,5+/m0/s1. The molecule has 0 aliphatic carbocycles. The molecule has 1 aliphatic heterocycles. The van der Waals surface area contributed by atoms with Crippen LogP contribution in [0.5, 0.6) is 0 Å². The van der Waals surface area contributed by atoms with Crippen molar-refractivity contribution in [2.24, 2.45) is 5.92 Å². The molecule has 0 bridgehead atoms. The van der Waals surface area contributed by atoms with E-state index in [-0.39, 0.29) is 0 Å². The van der Waals surface area contributed by atoms with E-state index < -0.39 is 18.1 Å². The summed E-state index contributed by atoms with van der Waals surface area (Å²) >= 11 is 1.51. The molecule has 1 N–H and O–H groups in total. The zero-order valence-electron chi connectivity index (χ0n) is 5.42. The number of carboxylic acid groups (broad SMARTS) is 1. The smallest absolute Gasteiger partial charge is 0.310 e. The first-order valence-electron chi connectivity index (χ1n) is 3.16. The lowest BCUT2D eigenvalue weighted by Gasteiger charge is -2.21. The molecule has 0 aromatic rings. The van der Waals surface area contributed by atoms with Gasteiger partial charge in [0.25, 0.3) is 0 Å². The molecule has 58 valence electrons. The molecule has 2 atom stereocenters. The first kappa shape index (κ1) is 7.85. The van der Waals surface area contributed by atoms with Gasteiger partial charge in [0.2, 0.25) is 0 Å². The van der Waals surface area contributed by atoms with Gasteiger partial charge in [-0.3, -0.25) is 4.79 Å². The van der Waals surface area contributed by atoms with E-state index in [0.717, 1.165) is 5.75 Å². The SMILES string of the molecule is O=C(O)[C@H]1CSCC[C@H]1F. The summed E-state index contributed by atoms with van der Waals surface area (Å²) in [5, 5.41) is 8.46. The number of carbonyl (C=O) groups is 1. The highest BCUT2D eigenvalue weighted by atomic mass is 32.2. The third kappa shape index (κ3) is 1.62. The number of rotatable bonds is 1. The minimum atomic E-state index is -1.13. The van der Waals surface area contributed by atoms with Crippen molar-refractivity contribution < 1.29 is 14.3 Å². The molecule has 1 aliphatic rings. The predicted octanol–water partition coefficient (Wildman–Crippen LogP) is 1.16. The van der Waals surface area contributed by atoms with Gasteiger partial charge in [0, 0.05) is 5.75 Å². The van der Waals surface area contributed by atoms with Crippen LogP contribution in [0.4, 0.5) is 4.39 Å². The van der Waals surface area contributed by atoms with E-state index in [9.17, 15) is 9.18 Å². The maximum absolute atomic E-state index is 12.7. The van der Waals surface area contributed by atoms with Gasteiger partial charge in [-0.25, -0.2) is 4.39 Å². The molecule has 2 nitrogen and oxygen atoms in total. The van der Waals surface area contributed by atoms with Crippen molar-refractivity contribution in [2.75, 3.05) is 11.5 Å². The fraction of sp³-hybridized carbons (Fsp3) is 0.833. The van der Waals surface area contributed by atoms with Gasteiger partial charge < -0.3 is 5.11 Å². The van der Waals surface area contributed by atoms with Crippen LogP contribution in [-0.4, -0.2) is 28.8 Å². The number of hydrogen-bond donors (Lipinski definition) is 1. The van der Waals surface area contributed by atoms with E-state index in [1.807, 2.05) is 0 Å². The van der Waals surface area contributed by atoms with Crippen LogP contribution in [-0.2, 0) is 4.79 Å². The largest absolute Gasteiger partial charge is 0.481 e. The lowest BCUT2D eigenvalue weighted by molar-refractivity contribution is -0.143. The molecule has 0 aromatic carbocycles. The first-order chi connectivity index (χ1) is 4.72. The number of aliphatic carboxylic acids is 1. The topological polar surface area (TPSA) is 37.3 Å². The van der Waals surface area contributed by atoms with Crippen LogP contribution in [0.25, 0.3) is 0 Å². The Bertz CT molecular complexity index is 140. The summed E-state index contributed by atoms with van der Waals surface area (Å²) in [6.07, 6.45) is -0.736. The average Bonchev–Trinajstić information content (AvgIpc) is 1.88. The van der Waals surface area contributed by atoms with Crippen LogP contribution in [0.2, 0.25) is 0 Å². The van der Waals surface area contributed by atoms with Crippen molar-refractivity contribution in [3.05, 3.63) is 0 Å². The quantitative estimate of drug-likeness (QED) is 0.632. The Balaban J connectivity index is 2.47. The van der Waals surface area contributed by atoms with E-state index in [1.165, 1.54) is 11.8 Å². The van der Waals surface area contributed by atoms with Crippen molar-refractivity contribution in [3.63, 3.8) is 0 Å². The van der Waals surface area contributed by atoms with Gasteiger partial charge >= 0.3 is 5.97 Å². The molecule has 0 spiro atoms. The fourth-order valence-electron chi connectivity index (χ4n) is 0.938. The Kier molecular flexibility index (Phi) is 2.54. The van der Waals surface area contributed by atoms with Crippen LogP contribution in [0.1, 0.15) is 6.42 Å². The van der Waals surface area contributed by atoms with E-state index in [2.05, 4.69) is 0 Å². The summed E-state index contributed by atoms with van der Waals surface area (Å²) in [6, 6.07) is 0. The molecule has 0 radical (unpaired) electrons. The molecule has 1 fully saturated rings. The average molecular weight is 164 g/mol. The lowest BCUT2D eigenvalue weighted by Crippen LogP contribution is -2.30. The van der Waals surface area contributed by atoms with Crippen LogP contribution in [0.3, 0.4) is 0 Å². The Hall–Kier alpha value is -0.250. The second-order valence-corrected chi connectivity index (χ2v) is 3.47. The molecule has 1 rings (SSSR count). The Morgan fingerprint density at radius 1 is 1.70 bits per heavy atom. The monoisotopic (exact) mass is 164 g/mol. The summed E-state index contributed by atoms with van der Waals surface area (Å²) in [4.78, 5) is 10.3. The van der Waals surface area contributed by atoms with Crippen molar-refractivity contribution >= 4 is 17.7 Å². The molecule has 0 unspecified atom stereocenters. The highest BCUT2D eigenvalue weighted by molar-refractivity contribution is 7.99. The van der Waals surface area contributed by atoms with Crippen LogP contribution in [0.15, 0.2) is 0 Å². The molecule has 0 saturated carbocycles. The number of hydrogen-bond acceptors (Lipinski definition) is 2. The van der Waals surface area contributed by atoms with Crippen LogP contribution < -0.4 is 0 Å². The van der Waals surface area contributed by atoms with Gasteiger partial charge in [-0.2, -0.15) is 11.8 Å². The van der Waals surface area contributed by atoms with Crippen molar-refractivity contribution in [2.45, 2.75) is 12.6 Å². The number of carboxylic acids is 1. The van der Waals surface area contributed by atoms with Gasteiger partial charge in [-0.05, 0) is 12.2 Å². The van der Waals surface area contributed by atoms with E-state index >= 15 is 0 Å². The predicted molar refractivity (Wildman–Crippen MR) is 38.0 cm³/mol. The molecule has 10 heavy (non-hydrogen) atoms. The van der Waals surface area contributed by atoms with Gasteiger partial charge in [-0.15, -0.1) is 0 Å². The second-order valence-electron chi connectivity index (χ2n) is 2.32. The highest BCUT2D eigenvalue weighted by Gasteiger charge is 2.30. The third-order valence-corrected chi connectivity index (χ3v) is 2.71. The highest BCUT2D eigenvalue weighted by Crippen LogP contribution is 2.25. The van der Waals surface area contributed by atoms with Crippen molar-refractivity contribution in [1.82, 2.24) is 0 Å². The van der Waals surface area contributed by atoms with Gasteiger partial charge in [-0.1, -0.05) is 0 Å². The van der Waals surface area contributed by atoms with Crippen molar-refractivity contribution in [3.8, 4) is 0 Å². The molecule has 4 heteroatoms. The van der Waals surface area contributed by atoms with Crippen molar-refractivity contribution in [1.29, 1.82) is 0 Å². The zero-order chi connectivity index (χ0) is 7.56. The van der Waals surface area contributed by atoms with Gasteiger partial charge in [0.05, 0.1) is 5.92 Å². The molecular weight excluding hydrogens is 155 g/mol. The summed E-state index contributed by atoms with van der Waals surface area (Å²) in [5.74, 6) is -0.583. The molecule has 0 aromatic heterocycles. The van der Waals surface area contributed by atoms with Crippen LogP contribution >= 0.6 is 11.8 Å². The second kappa shape index (κ2) is 3.23. The third-order valence-electron chi connectivity index (χ3n) is 1.59. The molecule has 1 heterocycles. The lowest BCUT2D eigenvalue weighted by atomic mass is 10.0. The van der Waals surface area contributed by atoms with Gasteiger partial charge in [0.15, 0.2) is 0 Å². The Labute approximate surface area is 62.8 Å². The maximum atomic E-state index is 12.7. The van der Waals surface area contributed by atoms with E-state index in [1.54, 1.807) is 0 Å². The maximum Gasteiger partial charge on any atom is 0.310 e. The van der Waals surface area contributed by atoms with E-state index in [4.69, 9.17) is 5.11 Å². The number of halogens is 1. The fourth-order valence-corrected chi connectivity index (χ4v) is 2.10. The van der Waals surface area contributed by atoms with Crippen LogP contribution in [0, 0.1) is 5.92 Å². The summed E-state index contributed by atoms with van der Waals surface area (Å²) < 4.78 is 12.7. The Morgan fingerprint density at radius 2 is 2.40 bits per heavy atom. The Morgan fingerprint density at radius 3 is 2.80 bits per heavy atom. The zero-order valence-corrected chi connectivity index (χ0v) is 6.23. The molecule has 0 amide bonds. The van der Waals surface area contributed by atoms with Gasteiger partial charge in [0.1, 0.15) is 6.17 Å². The molecule has 1 saturated heterocycles. The molecular formula is C6H9FO2S. The summed E-state index contributed by atoms with van der Waals surface area (Å²) in [6.45, 7) is 0. The summed E-state index contributed by atoms with van der Waals surface area (Å²) in [5.41, 5.74) is 0. The first-order valence-corrected chi connectivity index (χ1v) is 4.32. The summed E-state index contributed by atoms with van der Waals surface area (Å²) in [7, 11) is 0. The number of alkyl halides is 1. The number of thioether (sulfide) groups is 1. The normalized spacial score (nSPS) is 33.7. The van der Waals surface area contributed by atoms with E-state index in [0.29, 0.717) is 12.2 Å². The minimum absolute atomic E-state index is 0.391.